The van der Waals surface area contributed by atoms with Gasteiger partial charge in [-0.05, 0) is 24.3 Å². The molecule has 7 nitrogen and oxygen atoms in total. The second-order valence-electron chi connectivity index (χ2n) is 3.49. The van der Waals surface area contributed by atoms with Gasteiger partial charge in [-0.3, -0.25) is 4.99 Å². The number of ether oxygens (including phenoxy) is 1. The van der Waals surface area contributed by atoms with E-state index in [4.69, 9.17) is 15.6 Å². The molecule has 0 aliphatic heterocycles. The van der Waals surface area contributed by atoms with Gasteiger partial charge in [0.1, 0.15) is 5.75 Å². The zero-order valence-corrected chi connectivity index (χ0v) is 13.5. The number of hydrogen-bond donors (Lipinski definition) is 3. The van der Waals surface area contributed by atoms with Gasteiger partial charge >= 0.3 is 0 Å². The molecule has 5 N–H and O–H groups in total. The van der Waals surface area contributed by atoms with Crippen LogP contribution in [0.3, 0.4) is 0 Å². The first-order valence-electron chi connectivity index (χ1n) is 5.12. The van der Waals surface area contributed by atoms with Crippen LogP contribution in [-0.2, 0) is 10.0 Å². The quantitative estimate of drug-likeness (QED) is 0.374. The molecule has 0 spiro atoms. The Bertz CT molecular complexity index is 516. The topological polar surface area (TPSA) is 120 Å². The molecule has 0 saturated heterocycles. The number of rotatable bonds is 5. The average molecular weight is 400 g/mol. The lowest BCUT2D eigenvalue weighted by Crippen LogP contribution is -2.25. The lowest BCUT2D eigenvalue weighted by molar-refractivity contribution is 0.415. The van der Waals surface area contributed by atoms with Gasteiger partial charge in [-0.2, -0.15) is 0 Å². The smallest absolute Gasteiger partial charge is 0.210 e. The molecule has 9 heteroatoms. The number of benzene rings is 1. The fourth-order valence-corrected chi connectivity index (χ4v) is 1.50. The van der Waals surface area contributed by atoms with Crippen LogP contribution in [0.4, 0.5) is 5.69 Å². The first-order chi connectivity index (χ1) is 8.40. The number of primary sulfonamides is 1. The summed E-state index contributed by atoms with van der Waals surface area (Å²) in [7, 11) is -1.93. The van der Waals surface area contributed by atoms with Crippen molar-refractivity contribution in [1.82, 2.24) is 0 Å². The minimum absolute atomic E-state index is 0. The van der Waals surface area contributed by atoms with E-state index >= 15 is 0 Å². The molecule has 108 valence electrons. The van der Waals surface area contributed by atoms with E-state index in [1.165, 1.54) is 0 Å². The van der Waals surface area contributed by atoms with Crippen LogP contribution in [0.15, 0.2) is 29.3 Å². The second kappa shape index (κ2) is 8.17. The van der Waals surface area contributed by atoms with Crippen molar-refractivity contribution in [2.45, 2.75) is 0 Å². The van der Waals surface area contributed by atoms with Gasteiger partial charge in [0.2, 0.25) is 10.0 Å². The maximum Gasteiger partial charge on any atom is 0.210 e. The van der Waals surface area contributed by atoms with E-state index in [0.717, 1.165) is 11.4 Å². The molecule has 0 saturated carbocycles. The fraction of sp³-hybridized carbons (Fsp3) is 0.300. The van der Waals surface area contributed by atoms with Crippen molar-refractivity contribution < 1.29 is 13.2 Å². The number of nitrogens with one attached hydrogen (secondary N) is 1. The van der Waals surface area contributed by atoms with Crippen LogP contribution in [0.1, 0.15) is 0 Å². The van der Waals surface area contributed by atoms with Crippen molar-refractivity contribution in [1.29, 1.82) is 0 Å². The van der Waals surface area contributed by atoms with Crippen LogP contribution in [0.5, 0.6) is 5.75 Å². The van der Waals surface area contributed by atoms with Gasteiger partial charge < -0.3 is 15.8 Å². The fourth-order valence-electron chi connectivity index (χ4n) is 1.16. The summed E-state index contributed by atoms with van der Waals surface area (Å²) >= 11 is 0. The number of guanidine groups is 1. The maximum atomic E-state index is 10.7. The van der Waals surface area contributed by atoms with Crippen LogP contribution in [0.25, 0.3) is 0 Å². The molecule has 0 bridgehead atoms. The third-order valence-corrected chi connectivity index (χ3v) is 2.77. The molecule has 0 aromatic heterocycles. The summed E-state index contributed by atoms with van der Waals surface area (Å²) in [5, 5.41) is 7.65. The highest BCUT2D eigenvalue weighted by Gasteiger charge is 2.01. The molecule has 0 aliphatic rings. The highest BCUT2D eigenvalue weighted by Crippen LogP contribution is 2.14. The molecular weight excluding hydrogens is 383 g/mol. The molecule has 1 aromatic rings. The van der Waals surface area contributed by atoms with Crippen LogP contribution >= 0.6 is 24.0 Å². The molecule has 0 aliphatic carbocycles. The van der Waals surface area contributed by atoms with Crippen molar-refractivity contribution in [2.24, 2.45) is 15.9 Å². The first kappa shape index (κ1) is 17.9. The van der Waals surface area contributed by atoms with E-state index in [1.807, 2.05) is 0 Å². The Balaban J connectivity index is 0.00000324. The Morgan fingerprint density at radius 3 is 2.42 bits per heavy atom. The number of nitrogens with zero attached hydrogens (tertiary/aromatic N) is 1. The van der Waals surface area contributed by atoms with Gasteiger partial charge in [0, 0.05) is 5.69 Å². The summed E-state index contributed by atoms with van der Waals surface area (Å²) in [6.07, 6.45) is 0. The Morgan fingerprint density at radius 2 is 1.95 bits per heavy atom. The second-order valence-corrected chi connectivity index (χ2v) is 5.22. The molecule has 0 heterocycles. The summed E-state index contributed by atoms with van der Waals surface area (Å²) in [5.74, 6) is 0.618. The van der Waals surface area contributed by atoms with Crippen molar-refractivity contribution in [3.63, 3.8) is 0 Å². The zero-order chi connectivity index (χ0) is 13.6. The minimum Gasteiger partial charge on any atom is -0.497 e. The zero-order valence-electron chi connectivity index (χ0n) is 10.4. The lowest BCUT2D eigenvalue weighted by atomic mass is 10.3. The van der Waals surface area contributed by atoms with E-state index in [2.05, 4.69) is 10.3 Å². The van der Waals surface area contributed by atoms with E-state index in [9.17, 15) is 8.42 Å². The molecule has 0 radical (unpaired) electrons. The monoisotopic (exact) mass is 400 g/mol. The standard InChI is InChI=1S/C10H16N4O3S.HI/c1-17-9-4-2-8(3-5-9)14-10(11)13-6-7-18(12,15)16;/h2-5H,6-7H2,1H3,(H3,11,13,14)(H2,12,15,16);1H. The van der Waals surface area contributed by atoms with Crippen LogP contribution < -0.4 is 20.9 Å². The van der Waals surface area contributed by atoms with Gasteiger partial charge in [-0.25, -0.2) is 13.6 Å². The number of halogens is 1. The molecule has 1 rings (SSSR count). The van der Waals surface area contributed by atoms with Crippen molar-refractivity contribution in [2.75, 3.05) is 24.7 Å². The van der Waals surface area contributed by atoms with Crippen LogP contribution in [0.2, 0.25) is 0 Å². The predicted octanol–water partition coefficient (Wildman–Crippen LogP) is 0.328. The van der Waals surface area contributed by atoms with Crippen molar-refractivity contribution >= 4 is 45.6 Å². The Hall–Kier alpha value is -1.07. The summed E-state index contributed by atoms with van der Waals surface area (Å²) in [4.78, 5) is 3.84. The first-order valence-corrected chi connectivity index (χ1v) is 6.84. The summed E-state index contributed by atoms with van der Waals surface area (Å²) in [6, 6.07) is 7.06. The largest absolute Gasteiger partial charge is 0.497 e. The number of nitrogens with two attached hydrogens (primary N) is 2. The summed E-state index contributed by atoms with van der Waals surface area (Å²) < 4.78 is 26.4. The van der Waals surface area contributed by atoms with E-state index < -0.39 is 10.0 Å². The molecule has 19 heavy (non-hydrogen) atoms. The van der Waals surface area contributed by atoms with Gasteiger partial charge in [-0.15, -0.1) is 24.0 Å². The lowest BCUT2D eigenvalue weighted by Gasteiger charge is -2.06. The Labute approximate surface area is 129 Å². The van der Waals surface area contributed by atoms with Gasteiger partial charge in [0.25, 0.3) is 0 Å². The number of sulfonamides is 1. The minimum atomic E-state index is -3.51. The van der Waals surface area contributed by atoms with Crippen LogP contribution in [-0.4, -0.2) is 33.8 Å². The Morgan fingerprint density at radius 1 is 1.37 bits per heavy atom. The van der Waals surface area contributed by atoms with E-state index in [-0.39, 0.29) is 42.2 Å². The average Bonchev–Trinajstić information content (AvgIpc) is 2.28. The van der Waals surface area contributed by atoms with E-state index in [1.54, 1.807) is 31.4 Å². The maximum absolute atomic E-state index is 10.7. The number of methoxy groups -OCH3 is 1. The molecular formula is C10H17IN4O3S. The molecule has 1 aromatic carbocycles. The number of aliphatic imine (C=N–C) groups is 1. The molecule has 0 unspecified atom stereocenters. The van der Waals surface area contributed by atoms with Gasteiger partial charge in [0.05, 0.1) is 19.4 Å². The molecule has 0 fully saturated rings. The highest BCUT2D eigenvalue weighted by atomic mass is 127. The predicted molar refractivity (Wildman–Crippen MR) is 86.5 cm³/mol. The van der Waals surface area contributed by atoms with Crippen molar-refractivity contribution in [3.8, 4) is 5.75 Å². The number of hydrogen-bond acceptors (Lipinski definition) is 4. The summed E-state index contributed by atoms with van der Waals surface area (Å²) in [5.41, 5.74) is 6.31. The highest BCUT2D eigenvalue weighted by molar-refractivity contribution is 14.0. The van der Waals surface area contributed by atoms with Gasteiger partial charge in [0.15, 0.2) is 5.96 Å². The molecule has 0 amide bonds. The third kappa shape index (κ3) is 7.85. The van der Waals surface area contributed by atoms with Crippen molar-refractivity contribution in [3.05, 3.63) is 24.3 Å². The Kier molecular flexibility index (Phi) is 7.71. The third-order valence-electron chi connectivity index (χ3n) is 2.02. The van der Waals surface area contributed by atoms with E-state index in [0.29, 0.717) is 0 Å². The SMILES string of the molecule is COc1ccc(NC(N)=NCCS(N)(=O)=O)cc1.I. The molecule has 0 atom stereocenters. The van der Waals surface area contributed by atoms with Crippen LogP contribution in [0, 0.1) is 0 Å². The van der Waals surface area contributed by atoms with Gasteiger partial charge in [-0.1, -0.05) is 0 Å². The number of anilines is 1. The summed E-state index contributed by atoms with van der Waals surface area (Å²) in [6.45, 7) is 0.0216. The normalized spacial score (nSPS) is 11.6.